The average molecular weight is 234 g/mol. The summed E-state index contributed by atoms with van der Waals surface area (Å²) in [4.78, 5) is 4.93. The summed E-state index contributed by atoms with van der Waals surface area (Å²) in [7, 11) is 3.93. The molecule has 0 amide bonds. The number of rotatable bonds is 3. The molecule has 3 heteroatoms. The molecule has 0 saturated carbocycles. The van der Waals surface area contributed by atoms with Crippen molar-refractivity contribution in [2.45, 2.75) is 13.0 Å². The normalized spacial score (nSPS) is 18.9. The molecule has 1 aliphatic rings. The van der Waals surface area contributed by atoms with E-state index in [4.69, 9.17) is 4.74 Å². The van der Waals surface area contributed by atoms with Gasteiger partial charge in [-0.25, -0.2) is 0 Å². The van der Waals surface area contributed by atoms with Crippen LogP contribution in [0.25, 0.3) is 0 Å². The molecule has 0 aliphatic carbocycles. The molecule has 0 aromatic heterocycles. The number of ether oxygens (including phenoxy) is 1. The summed E-state index contributed by atoms with van der Waals surface area (Å²) in [5.74, 6) is 0.953. The molecule has 0 unspecified atom stereocenters. The maximum atomic E-state index is 5.26. The second kappa shape index (κ2) is 6.03. The van der Waals surface area contributed by atoms with E-state index in [1.165, 1.54) is 31.6 Å². The van der Waals surface area contributed by atoms with Crippen LogP contribution in [0.1, 0.15) is 12.0 Å². The van der Waals surface area contributed by atoms with Crippen LogP contribution in [0.3, 0.4) is 0 Å². The Bertz CT molecular complexity index is 354. The first-order valence-corrected chi connectivity index (χ1v) is 6.32. The summed E-state index contributed by atoms with van der Waals surface area (Å²) < 4.78 is 5.26. The van der Waals surface area contributed by atoms with Gasteiger partial charge in [-0.2, -0.15) is 0 Å². The molecule has 1 heterocycles. The van der Waals surface area contributed by atoms with E-state index in [0.29, 0.717) is 0 Å². The molecular weight excluding hydrogens is 212 g/mol. The number of nitrogens with zero attached hydrogens (tertiary/aromatic N) is 2. The van der Waals surface area contributed by atoms with Gasteiger partial charge in [-0.05, 0) is 44.3 Å². The zero-order chi connectivity index (χ0) is 12.1. The maximum absolute atomic E-state index is 5.26. The number of likely N-dealkylation sites (N-methyl/N-ethyl adjacent to an activating group) is 1. The third kappa shape index (κ3) is 3.72. The Morgan fingerprint density at radius 2 is 2.06 bits per heavy atom. The average Bonchev–Trinajstić information content (AvgIpc) is 2.55. The summed E-state index contributed by atoms with van der Waals surface area (Å²) >= 11 is 0. The van der Waals surface area contributed by atoms with Gasteiger partial charge < -0.3 is 9.64 Å². The summed E-state index contributed by atoms with van der Waals surface area (Å²) in [5, 5.41) is 0. The monoisotopic (exact) mass is 234 g/mol. The minimum absolute atomic E-state index is 0.953. The summed E-state index contributed by atoms with van der Waals surface area (Å²) in [6.07, 6.45) is 1.26. The van der Waals surface area contributed by atoms with E-state index in [1.807, 2.05) is 6.07 Å². The Hall–Kier alpha value is -1.06. The Labute approximate surface area is 104 Å². The maximum Gasteiger partial charge on any atom is 0.119 e. The Morgan fingerprint density at radius 1 is 1.18 bits per heavy atom. The van der Waals surface area contributed by atoms with Crippen molar-refractivity contribution in [3.05, 3.63) is 29.8 Å². The minimum Gasteiger partial charge on any atom is -0.497 e. The van der Waals surface area contributed by atoms with Gasteiger partial charge in [-0.3, -0.25) is 4.90 Å². The first-order valence-electron chi connectivity index (χ1n) is 6.32. The summed E-state index contributed by atoms with van der Waals surface area (Å²) in [6, 6.07) is 8.38. The quantitative estimate of drug-likeness (QED) is 0.793. The lowest BCUT2D eigenvalue weighted by atomic mass is 10.2. The van der Waals surface area contributed by atoms with Gasteiger partial charge in [-0.1, -0.05) is 12.1 Å². The zero-order valence-electron chi connectivity index (χ0n) is 10.9. The predicted octanol–water partition coefficient (Wildman–Crippen LogP) is 1.83. The molecule has 17 heavy (non-hydrogen) atoms. The molecule has 1 saturated heterocycles. The first-order chi connectivity index (χ1) is 8.28. The molecule has 2 rings (SSSR count). The lowest BCUT2D eigenvalue weighted by Crippen LogP contribution is -2.28. The van der Waals surface area contributed by atoms with Crippen molar-refractivity contribution in [2.24, 2.45) is 0 Å². The third-order valence-electron chi connectivity index (χ3n) is 3.35. The summed E-state index contributed by atoms with van der Waals surface area (Å²) in [5.41, 5.74) is 1.34. The summed E-state index contributed by atoms with van der Waals surface area (Å²) in [6.45, 7) is 5.78. The largest absolute Gasteiger partial charge is 0.497 e. The van der Waals surface area contributed by atoms with Crippen molar-refractivity contribution in [2.75, 3.05) is 40.3 Å². The molecule has 0 N–H and O–H groups in total. The molecule has 0 atom stereocenters. The van der Waals surface area contributed by atoms with Gasteiger partial charge in [0.1, 0.15) is 5.75 Å². The van der Waals surface area contributed by atoms with Crippen molar-refractivity contribution < 1.29 is 4.74 Å². The fraction of sp³-hybridized carbons (Fsp3) is 0.571. The third-order valence-corrected chi connectivity index (χ3v) is 3.35. The molecule has 94 valence electrons. The van der Waals surface area contributed by atoms with Gasteiger partial charge in [0.25, 0.3) is 0 Å². The van der Waals surface area contributed by atoms with Crippen LogP contribution in [-0.2, 0) is 6.54 Å². The Kier molecular flexibility index (Phi) is 4.40. The van der Waals surface area contributed by atoms with E-state index >= 15 is 0 Å². The number of hydrogen-bond donors (Lipinski definition) is 0. The van der Waals surface area contributed by atoms with Crippen LogP contribution in [0.5, 0.6) is 5.75 Å². The van der Waals surface area contributed by atoms with Gasteiger partial charge in [0.2, 0.25) is 0 Å². The molecular formula is C14H22N2O. The van der Waals surface area contributed by atoms with Crippen LogP contribution >= 0.6 is 0 Å². The second-order valence-corrected chi connectivity index (χ2v) is 4.78. The highest BCUT2D eigenvalue weighted by Gasteiger charge is 2.12. The van der Waals surface area contributed by atoms with E-state index in [-0.39, 0.29) is 0 Å². The van der Waals surface area contributed by atoms with Gasteiger partial charge in [0, 0.05) is 19.6 Å². The lowest BCUT2D eigenvalue weighted by molar-refractivity contribution is 0.269. The van der Waals surface area contributed by atoms with E-state index in [1.54, 1.807) is 7.11 Å². The van der Waals surface area contributed by atoms with Gasteiger partial charge >= 0.3 is 0 Å². The van der Waals surface area contributed by atoms with E-state index in [9.17, 15) is 0 Å². The predicted molar refractivity (Wildman–Crippen MR) is 70.4 cm³/mol. The van der Waals surface area contributed by atoms with Crippen LogP contribution in [0, 0.1) is 0 Å². The van der Waals surface area contributed by atoms with Crippen LogP contribution in [0.2, 0.25) is 0 Å². The van der Waals surface area contributed by atoms with Crippen LogP contribution in [0.4, 0.5) is 0 Å². The van der Waals surface area contributed by atoms with Gasteiger partial charge in [0.05, 0.1) is 7.11 Å². The van der Waals surface area contributed by atoms with Crippen LogP contribution in [-0.4, -0.2) is 50.1 Å². The van der Waals surface area contributed by atoms with E-state index in [0.717, 1.165) is 18.8 Å². The zero-order valence-corrected chi connectivity index (χ0v) is 10.9. The molecule has 1 aromatic rings. The standard InChI is InChI=1S/C14H22N2O/c1-15-7-4-8-16(10-9-15)12-13-5-3-6-14(11-13)17-2/h3,5-6,11H,4,7-10,12H2,1-2H3. The van der Waals surface area contributed by atoms with Crippen molar-refractivity contribution in [1.82, 2.24) is 9.80 Å². The fourth-order valence-corrected chi connectivity index (χ4v) is 2.29. The smallest absolute Gasteiger partial charge is 0.119 e. The van der Waals surface area contributed by atoms with Gasteiger partial charge in [-0.15, -0.1) is 0 Å². The highest BCUT2D eigenvalue weighted by atomic mass is 16.5. The van der Waals surface area contributed by atoms with E-state index in [2.05, 4.69) is 35.0 Å². The van der Waals surface area contributed by atoms with Crippen molar-refractivity contribution in [1.29, 1.82) is 0 Å². The number of benzene rings is 1. The highest BCUT2D eigenvalue weighted by molar-refractivity contribution is 5.28. The van der Waals surface area contributed by atoms with Crippen molar-refractivity contribution in [3.8, 4) is 5.75 Å². The van der Waals surface area contributed by atoms with Gasteiger partial charge in [0.15, 0.2) is 0 Å². The molecule has 3 nitrogen and oxygen atoms in total. The molecule has 1 aromatic carbocycles. The fourth-order valence-electron chi connectivity index (χ4n) is 2.29. The van der Waals surface area contributed by atoms with Crippen molar-refractivity contribution in [3.63, 3.8) is 0 Å². The lowest BCUT2D eigenvalue weighted by Gasteiger charge is -2.20. The topological polar surface area (TPSA) is 15.7 Å². The first kappa shape index (κ1) is 12.4. The van der Waals surface area contributed by atoms with Crippen LogP contribution < -0.4 is 4.74 Å². The number of methoxy groups -OCH3 is 1. The minimum atomic E-state index is 0.953. The molecule has 0 spiro atoms. The molecule has 1 fully saturated rings. The molecule has 0 radical (unpaired) electrons. The molecule has 0 bridgehead atoms. The SMILES string of the molecule is COc1cccc(CN2CCCN(C)CC2)c1. The highest BCUT2D eigenvalue weighted by Crippen LogP contribution is 2.15. The Morgan fingerprint density at radius 3 is 2.88 bits per heavy atom. The van der Waals surface area contributed by atoms with E-state index < -0.39 is 0 Å². The van der Waals surface area contributed by atoms with Crippen molar-refractivity contribution >= 4 is 0 Å². The second-order valence-electron chi connectivity index (χ2n) is 4.78. The van der Waals surface area contributed by atoms with Crippen LogP contribution in [0.15, 0.2) is 24.3 Å². The number of hydrogen-bond acceptors (Lipinski definition) is 3. The molecule has 1 aliphatic heterocycles. The Balaban J connectivity index is 1.94.